The van der Waals surface area contributed by atoms with E-state index < -0.39 is 17.6 Å². The molecule has 1 amide bonds. The van der Waals surface area contributed by atoms with Crippen LogP contribution < -0.4 is 24.4 Å². The van der Waals surface area contributed by atoms with Crippen molar-refractivity contribution < 1.29 is 28.9 Å². The molecule has 1 aliphatic heterocycles. The number of aliphatic carboxylic acids is 1. The number of carbonyl (C=O) groups excluding carboxylic acids is 1. The second-order valence-electron chi connectivity index (χ2n) is 7.71. The maximum Gasteiger partial charge on any atom is 0.347 e. The molecule has 0 saturated heterocycles. The number of anilines is 1. The van der Waals surface area contributed by atoms with Crippen LogP contribution in [-0.2, 0) is 15.1 Å². The van der Waals surface area contributed by atoms with Crippen molar-refractivity contribution in [2.24, 2.45) is 0 Å². The molecule has 35 heavy (non-hydrogen) atoms. The number of nitrogens with one attached hydrogen (secondary N) is 1. The molecule has 11 heteroatoms. The van der Waals surface area contributed by atoms with Crippen LogP contribution in [0.1, 0.15) is 11.1 Å². The number of carbonyl (C=O) groups is 2. The molecule has 0 unspecified atom stereocenters. The number of nitrogens with zero attached hydrogens (tertiary/aromatic N) is 3. The number of rotatable bonds is 7. The van der Waals surface area contributed by atoms with Crippen LogP contribution in [-0.4, -0.2) is 60.9 Å². The first kappa shape index (κ1) is 24.2. The lowest BCUT2D eigenvalue weighted by atomic mass is 9.77. The van der Waals surface area contributed by atoms with Gasteiger partial charge in [0.15, 0.2) is 0 Å². The molecule has 182 valence electrons. The minimum Gasteiger partial charge on any atom is -0.481 e. The van der Waals surface area contributed by atoms with Crippen molar-refractivity contribution in [3.05, 3.63) is 70.7 Å². The van der Waals surface area contributed by atoms with E-state index in [0.29, 0.717) is 21.8 Å². The van der Waals surface area contributed by atoms with Crippen molar-refractivity contribution in [2.75, 3.05) is 32.7 Å². The summed E-state index contributed by atoms with van der Waals surface area (Å²) in [6.07, 6.45) is -1.64. The fraction of sp³-hybridized carbons (Fsp3) is 0.250. The first-order valence-corrected chi connectivity index (χ1v) is 10.9. The maximum absolute atomic E-state index is 12.9. The summed E-state index contributed by atoms with van der Waals surface area (Å²) in [6.45, 7) is -0.173. The third-order valence-electron chi connectivity index (χ3n) is 5.78. The molecule has 0 radical (unpaired) electrons. The lowest BCUT2D eigenvalue weighted by Gasteiger charge is -2.39. The van der Waals surface area contributed by atoms with Gasteiger partial charge in [-0.25, -0.2) is 4.79 Å². The molecule has 0 bridgehead atoms. The summed E-state index contributed by atoms with van der Waals surface area (Å²) in [5.74, 6) is -1.35. The first-order valence-electron chi connectivity index (χ1n) is 10.5. The topological polar surface area (TPSA) is 123 Å². The predicted molar refractivity (Wildman–Crippen MR) is 127 cm³/mol. The molecule has 0 fully saturated rings. The highest BCUT2D eigenvalue weighted by atomic mass is 35.5. The summed E-state index contributed by atoms with van der Waals surface area (Å²) in [4.78, 5) is 35.5. The first-order chi connectivity index (χ1) is 16.8. The van der Waals surface area contributed by atoms with Crippen LogP contribution in [0.4, 0.5) is 5.69 Å². The maximum atomic E-state index is 12.9. The van der Waals surface area contributed by atoms with Crippen LogP contribution in [0.5, 0.6) is 17.8 Å². The Kier molecular flexibility index (Phi) is 6.77. The monoisotopic (exact) mass is 498 g/mol. The van der Waals surface area contributed by atoms with Gasteiger partial charge >= 0.3 is 12.0 Å². The van der Waals surface area contributed by atoms with E-state index in [-0.39, 0.29) is 30.2 Å². The number of carboxylic acids is 1. The van der Waals surface area contributed by atoms with Gasteiger partial charge in [0.05, 0.1) is 26.8 Å². The molecule has 1 aromatic heterocycles. The summed E-state index contributed by atoms with van der Waals surface area (Å²) in [5, 5.41) is 14.0. The zero-order chi connectivity index (χ0) is 25.2. The number of halogens is 1. The summed E-state index contributed by atoms with van der Waals surface area (Å²) in [6, 6.07) is 14.9. The van der Waals surface area contributed by atoms with E-state index in [0.717, 1.165) is 0 Å². The molecular weight excluding hydrogens is 476 g/mol. The smallest absolute Gasteiger partial charge is 0.347 e. The van der Waals surface area contributed by atoms with E-state index in [1.165, 1.54) is 25.2 Å². The highest BCUT2D eigenvalue weighted by Gasteiger charge is 2.52. The number of ether oxygens (including phenoxy) is 3. The van der Waals surface area contributed by atoms with E-state index in [1.807, 2.05) is 0 Å². The van der Waals surface area contributed by atoms with Crippen LogP contribution in [0.3, 0.4) is 0 Å². The molecule has 2 heterocycles. The second kappa shape index (κ2) is 9.77. The van der Waals surface area contributed by atoms with Crippen molar-refractivity contribution in [3.8, 4) is 17.8 Å². The van der Waals surface area contributed by atoms with Crippen LogP contribution in [0.25, 0.3) is 0 Å². The van der Waals surface area contributed by atoms with Gasteiger partial charge in [0.2, 0.25) is 23.8 Å². The van der Waals surface area contributed by atoms with Crippen molar-refractivity contribution in [2.45, 2.75) is 11.6 Å². The minimum atomic E-state index is -1.64. The molecule has 0 saturated carbocycles. The molecule has 0 spiro atoms. The van der Waals surface area contributed by atoms with Gasteiger partial charge in [-0.2, -0.15) is 9.97 Å². The highest BCUT2D eigenvalue weighted by Crippen LogP contribution is 2.43. The Labute approximate surface area is 206 Å². The zero-order valence-corrected chi connectivity index (χ0v) is 19.9. The van der Waals surface area contributed by atoms with Gasteiger partial charge in [-0.3, -0.25) is 10.1 Å². The highest BCUT2D eigenvalue weighted by molar-refractivity contribution is 6.30. The van der Waals surface area contributed by atoms with Gasteiger partial charge in [-0.1, -0.05) is 41.9 Å². The quantitative estimate of drug-likeness (QED) is 0.505. The molecular formula is C24H23ClN4O6. The number of amides is 1. The number of aromatic nitrogens is 2. The van der Waals surface area contributed by atoms with Crippen LogP contribution in [0, 0.1) is 0 Å². The average Bonchev–Trinajstić information content (AvgIpc) is 2.97. The van der Waals surface area contributed by atoms with Crippen molar-refractivity contribution in [1.82, 2.24) is 15.3 Å². The van der Waals surface area contributed by atoms with Gasteiger partial charge in [0, 0.05) is 23.3 Å². The number of hydrogen-bond acceptors (Lipinski definition) is 8. The largest absolute Gasteiger partial charge is 0.481 e. The Morgan fingerprint density at radius 1 is 1.11 bits per heavy atom. The zero-order valence-electron chi connectivity index (χ0n) is 19.2. The summed E-state index contributed by atoms with van der Waals surface area (Å²) in [7, 11) is 4.42. The third-order valence-corrected chi connectivity index (χ3v) is 6.02. The number of carboxylic acid groups (broad SMARTS) is 1. The van der Waals surface area contributed by atoms with Crippen LogP contribution in [0.15, 0.2) is 54.6 Å². The lowest BCUT2D eigenvalue weighted by Crippen LogP contribution is -2.58. The van der Waals surface area contributed by atoms with Gasteiger partial charge in [-0.15, -0.1) is 0 Å². The summed E-state index contributed by atoms with van der Waals surface area (Å²) < 4.78 is 16.3. The normalized spacial score (nSPS) is 18.3. The van der Waals surface area contributed by atoms with Gasteiger partial charge < -0.3 is 24.2 Å². The Hall–Kier alpha value is -3.89. The average molecular weight is 499 g/mol. The van der Waals surface area contributed by atoms with Crippen LogP contribution >= 0.6 is 11.6 Å². The summed E-state index contributed by atoms with van der Waals surface area (Å²) >= 11 is 6.38. The number of benzene rings is 2. The molecule has 0 aliphatic carbocycles. The standard InChI is InChI=1S/C24H23ClN4O6/c1-29-17-10-9-15(25)11-16(17)24(26-13-20(29)30,14-7-5-4-6-8-14)21(22(31)32)35-23-27-18(33-2)12-19(28-23)34-3/h4-12,21,26H,13H2,1-3H3,(H,31,32)/t21-,24+/m1/s1. The van der Waals surface area contributed by atoms with Crippen molar-refractivity contribution >= 4 is 29.2 Å². The van der Waals surface area contributed by atoms with Gasteiger partial charge in [0.25, 0.3) is 0 Å². The molecule has 1 aliphatic rings. The number of fused-ring (bicyclic) bond motifs is 1. The molecule has 4 rings (SSSR count). The predicted octanol–water partition coefficient (Wildman–Crippen LogP) is 2.49. The van der Waals surface area contributed by atoms with Crippen molar-refractivity contribution in [1.29, 1.82) is 0 Å². The van der Waals surface area contributed by atoms with E-state index in [2.05, 4.69) is 15.3 Å². The van der Waals surface area contributed by atoms with Crippen molar-refractivity contribution in [3.63, 3.8) is 0 Å². The second-order valence-corrected chi connectivity index (χ2v) is 8.15. The Morgan fingerprint density at radius 2 is 1.77 bits per heavy atom. The molecule has 2 N–H and O–H groups in total. The fourth-order valence-corrected chi connectivity index (χ4v) is 4.27. The van der Waals surface area contributed by atoms with Gasteiger partial charge in [0.1, 0.15) is 5.54 Å². The molecule has 3 aromatic rings. The molecule has 10 nitrogen and oxygen atoms in total. The number of hydrogen-bond donors (Lipinski definition) is 2. The number of methoxy groups -OCH3 is 2. The summed E-state index contributed by atoms with van der Waals surface area (Å²) in [5.41, 5.74) is -0.110. The Balaban J connectivity index is 1.99. The lowest BCUT2D eigenvalue weighted by molar-refractivity contribution is -0.149. The van der Waals surface area contributed by atoms with E-state index >= 15 is 0 Å². The van der Waals surface area contributed by atoms with Crippen LogP contribution in [0.2, 0.25) is 5.02 Å². The Bertz CT molecular complexity index is 1240. The molecule has 2 aromatic carbocycles. The SMILES string of the molecule is COc1cc(OC)nc(O[C@H](C(=O)O)[C@@]2(c3ccccc3)NCC(=O)N(C)c3ccc(Cl)cc32)n1. The minimum absolute atomic E-state index is 0.122. The fourth-order valence-electron chi connectivity index (χ4n) is 4.10. The van der Waals surface area contributed by atoms with Gasteiger partial charge in [-0.05, 0) is 23.8 Å². The molecule has 2 atom stereocenters. The Morgan fingerprint density at radius 3 is 2.37 bits per heavy atom. The van der Waals surface area contributed by atoms with E-state index in [9.17, 15) is 14.7 Å². The van der Waals surface area contributed by atoms with E-state index in [1.54, 1.807) is 55.6 Å². The van der Waals surface area contributed by atoms with E-state index in [4.69, 9.17) is 25.8 Å². The third kappa shape index (κ3) is 4.45. The number of likely N-dealkylation sites (N-methyl/N-ethyl adjacent to an activating group) is 1.